The summed E-state index contributed by atoms with van der Waals surface area (Å²) in [6, 6.07) is 0. The van der Waals surface area contributed by atoms with Gasteiger partial charge < -0.3 is 10.5 Å². The largest absolute Gasteiger partial charge is 0.481 e. The fraction of sp³-hybridized carbons (Fsp3) is 0.667. The van der Waals surface area contributed by atoms with Gasteiger partial charge in [-0.05, 0) is 26.0 Å². The number of hydrogen-bond acceptors (Lipinski definition) is 2. The average molecular weight is 213 g/mol. The Morgan fingerprint density at radius 1 is 1.07 bits per heavy atom. The predicted octanol–water partition coefficient (Wildman–Crippen LogP) is 3.64. The number of rotatable bonds is 9. The van der Waals surface area contributed by atoms with Crippen LogP contribution in [0.1, 0.15) is 51.4 Å². The number of aliphatic carboxylic acids is 1. The van der Waals surface area contributed by atoms with E-state index in [2.05, 4.69) is 13.3 Å². The number of carbonyl (C=O) groups is 1. The molecular formula is C12H23NO2. The SMILES string of the molecule is C=CCCCCCCCCC(=O)O.C=N. The van der Waals surface area contributed by atoms with Crippen molar-refractivity contribution in [3.05, 3.63) is 12.7 Å². The highest BCUT2D eigenvalue weighted by Crippen LogP contribution is 2.08. The van der Waals surface area contributed by atoms with Crippen LogP contribution in [-0.2, 0) is 4.79 Å². The second-order valence-electron chi connectivity index (χ2n) is 3.34. The van der Waals surface area contributed by atoms with E-state index in [1.165, 1.54) is 25.7 Å². The minimum atomic E-state index is -0.674. The molecule has 0 aromatic rings. The lowest BCUT2D eigenvalue weighted by atomic mass is 10.1. The summed E-state index contributed by atoms with van der Waals surface area (Å²) in [4.78, 5) is 10.2. The molecule has 0 aliphatic carbocycles. The molecule has 88 valence electrons. The van der Waals surface area contributed by atoms with Crippen molar-refractivity contribution in [3.8, 4) is 0 Å². The second-order valence-corrected chi connectivity index (χ2v) is 3.34. The highest BCUT2D eigenvalue weighted by Gasteiger charge is 1.95. The fourth-order valence-electron chi connectivity index (χ4n) is 1.27. The second kappa shape index (κ2) is 15.4. The fourth-order valence-corrected chi connectivity index (χ4v) is 1.27. The van der Waals surface area contributed by atoms with Gasteiger partial charge in [0.25, 0.3) is 0 Å². The number of carboxylic acid groups (broad SMARTS) is 1. The maximum absolute atomic E-state index is 10.2. The van der Waals surface area contributed by atoms with Crippen LogP contribution in [0.25, 0.3) is 0 Å². The lowest BCUT2D eigenvalue weighted by molar-refractivity contribution is -0.137. The lowest BCUT2D eigenvalue weighted by Gasteiger charge is -1.98. The molecule has 3 heteroatoms. The normalized spacial score (nSPS) is 8.80. The Labute approximate surface area is 92.7 Å². The van der Waals surface area contributed by atoms with Crippen LogP contribution in [0.2, 0.25) is 0 Å². The minimum absolute atomic E-state index is 0.326. The summed E-state index contributed by atoms with van der Waals surface area (Å²) in [5.41, 5.74) is 0. The Kier molecular flexibility index (Phi) is 16.7. The third-order valence-electron chi connectivity index (χ3n) is 2.05. The first-order valence-corrected chi connectivity index (χ1v) is 5.45. The summed E-state index contributed by atoms with van der Waals surface area (Å²) in [6.45, 7) is 6.16. The van der Waals surface area contributed by atoms with E-state index in [0.29, 0.717) is 6.42 Å². The van der Waals surface area contributed by atoms with Gasteiger partial charge in [0, 0.05) is 6.42 Å². The molecule has 0 aliphatic rings. The van der Waals surface area contributed by atoms with Crippen LogP contribution in [0.3, 0.4) is 0 Å². The topological polar surface area (TPSA) is 61.1 Å². The third-order valence-corrected chi connectivity index (χ3v) is 2.05. The molecule has 15 heavy (non-hydrogen) atoms. The number of carboxylic acids is 1. The zero-order chi connectivity index (χ0) is 11.9. The lowest BCUT2D eigenvalue weighted by Crippen LogP contribution is -1.93. The van der Waals surface area contributed by atoms with Gasteiger partial charge in [0.1, 0.15) is 0 Å². The molecule has 0 rings (SSSR count). The first-order chi connectivity index (χ1) is 7.27. The molecular weight excluding hydrogens is 190 g/mol. The molecule has 0 radical (unpaired) electrons. The summed E-state index contributed by atoms with van der Waals surface area (Å²) in [6.07, 6.45) is 10.1. The van der Waals surface area contributed by atoms with Gasteiger partial charge >= 0.3 is 5.97 Å². The maximum Gasteiger partial charge on any atom is 0.303 e. The van der Waals surface area contributed by atoms with Gasteiger partial charge in [0.05, 0.1) is 0 Å². The van der Waals surface area contributed by atoms with E-state index in [1.807, 2.05) is 6.08 Å². The van der Waals surface area contributed by atoms with Gasteiger partial charge in [-0.15, -0.1) is 6.58 Å². The van der Waals surface area contributed by atoms with Crippen molar-refractivity contribution in [2.24, 2.45) is 0 Å². The Bertz CT molecular complexity index is 158. The van der Waals surface area contributed by atoms with E-state index in [4.69, 9.17) is 10.5 Å². The number of hydrogen-bond donors (Lipinski definition) is 2. The molecule has 0 aromatic heterocycles. The molecule has 0 bridgehead atoms. The van der Waals surface area contributed by atoms with Gasteiger partial charge in [0.2, 0.25) is 0 Å². The highest BCUT2D eigenvalue weighted by molar-refractivity contribution is 5.66. The Morgan fingerprint density at radius 3 is 2.00 bits per heavy atom. The zero-order valence-corrected chi connectivity index (χ0v) is 9.50. The summed E-state index contributed by atoms with van der Waals surface area (Å²) >= 11 is 0. The molecule has 0 aromatic carbocycles. The van der Waals surface area contributed by atoms with Crippen molar-refractivity contribution >= 4 is 12.7 Å². The first-order valence-electron chi connectivity index (χ1n) is 5.45. The van der Waals surface area contributed by atoms with Crippen molar-refractivity contribution in [2.75, 3.05) is 0 Å². The monoisotopic (exact) mass is 213 g/mol. The van der Waals surface area contributed by atoms with Gasteiger partial charge in [-0.3, -0.25) is 4.79 Å². The standard InChI is InChI=1S/C11H20O2.CH3N/c1-2-3-4-5-6-7-8-9-10-11(12)13;1-2/h2H,1,3-10H2,(H,12,13);2H,1H2. The Morgan fingerprint density at radius 2 is 1.53 bits per heavy atom. The minimum Gasteiger partial charge on any atom is -0.481 e. The molecule has 0 saturated heterocycles. The first kappa shape index (κ1) is 16.3. The van der Waals surface area contributed by atoms with Crippen molar-refractivity contribution in [1.82, 2.24) is 0 Å². The van der Waals surface area contributed by atoms with E-state index in [1.54, 1.807) is 0 Å². The van der Waals surface area contributed by atoms with Crippen LogP contribution >= 0.6 is 0 Å². The summed E-state index contributed by atoms with van der Waals surface area (Å²) in [7, 11) is 0. The van der Waals surface area contributed by atoms with E-state index in [-0.39, 0.29) is 0 Å². The smallest absolute Gasteiger partial charge is 0.303 e. The molecule has 0 saturated carbocycles. The number of nitrogens with one attached hydrogen (secondary N) is 1. The van der Waals surface area contributed by atoms with E-state index >= 15 is 0 Å². The molecule has 0 amide bonds. The highest BCUT2D eigenvalue weighted by atomic mass is 16.4. The van der Waals surface area contributed by atoms with Gasteiger partial charge in [-0.1, -0.05) is 31.8 Å². The molecule has 0 unspecified atom stereocenters. The number of allylic oxidation sites excluding steroid dienone is 1. The summed E-state index contributed by atoms with van der Waals surface area (Å²) < 4.78 is 0. The molecule has 0 heterocycles. The zero-order valence-electron chi connectivity index (χ0n) is 9.50. The van der Waals surface area contributed by atoms with Crippen LogP contribution < -0.4 is 0 Å². The van der Waals surface area contributed by atoms with Crippen LogP contribution in [0.5, 0.6) is 0 Å². The average Bonchev–Trinajstić information content (AvgIpc) is 2.24. The third kappa shape index (κ3) is 19.3. The van der Waals surface area contributed by atoms with Crippen LogP contribution in [0, 0.1) is 5.41 Å². The Balaban J connectivity index is 0. The van der Waals surface area contributed by atoms with Crippen molar-refractivity contribution < 1.29 is 9.90 Å². The molecule has 0 fully saturated rings. The summed E-state index contributed by atoms with van der Waals surface area (Å²) in [5.74, 6) is -0.674. The quantitative estimate of drug-likeness (QED) is 0.349. The van der Waals surface area contributed by atoms with Gasteiger partial charge in [-0.2, -0.15) is 0 Å². The van der Waals surface area contributed by atoms with Crippen molar-refractivity contribution in [2.45, 2.75) is 51.4 Å². The predicted molar refractivity (Wildman–Crippen MR) is 64.6 cm³/mol. The van der Waals surface area contributed by atoms with Crippen LogP contribution in [-0.4, -0.2) is 17.8 Å². The molecule has 3 nitrogen and oxygen atoms in total. The van der Waals surface area contributed by atoms with E-state index < -0.39 is 5.97 Å². The molecule has 0 atom stereocenters. The van der Waals surface area contributed by atoms with E-state index in [9.17, 15) is 4.79 Å². The van der Waals surface area contributed by atoms with Crippen molar-refractivity contribution in [1.29, 1.82) is 5.41 Å². The van der Waals surface area contributed by atoms with Crippen molar-refractivity contribution in [3.63, 3.8) is 0 Å². The number of unbranched alkanes of at least 4 members (excludes halogenated alkanes) is 6. The van der Waals surface area contributed by atoms with Crippen LogP contribution in [0.4, 0.5) is 0 Å². The van der Waals surface area contributed by atoms with Gasteiger partial charge in [0.15, 0.2) is 0 Å². The summed E-state index contributed by atoms with van der Waals surface area (Å²) in [5, 5.41) is 13.9. The molecule has 2 N–H and O–H groups in total. The van der Waals surface area contributed by atoms with Crippen LogP contribution in [0.15, 0.2) is 12.7 Å². The molecule has 0 aliphatic heterocycles. The maximum atomic E-state index is 10.2. The van der Waals surface area contributed by atoms with Gasteiger partial charge in [-0.25, -0.2) is 0 Å². The van der Waals surface area contributed by atoms with E-state index in [0.717, 1.165) is 19.3 Å². The molecule has 0 spiro atoms. The Hall–Kier alpha value is -1.12.